The largest absolute Gasteiger partial charge is 0.309 e. The van der Waals surface area contributed by atoms with E-state index in [1.165, 1.54) is 5.56 Å². The van der Waals surface area contributed by atoms with Crippen LogP contribution < -0.4 is 0 Å². The third-order valence-electron chi connectivity index (χ3n) is 3.98. The highest BCUT2D eigenvalue weighted by atomic mass is 79.9. The van der Waals surface area contributed by atoms with E-state index in [2.05, 4.69) is 38.3 Å². The quantitative estimate of drug-likeness (QED) is 0.702. The van der Waals surface area contributed by atoms with Gasteiger partial charge in [-0.25, -0.2) is 8.42 Å². The summed E-state index contributed by atoms with van der Waals surface area (Å²) in [6, 6.07) is 8.19. The van der Waals surface area contributed by atoms with Crippen molar-refractivity contribution in [3.8, 4) is 0 Å². The summed E-state index contributed by atoms with van der Waals surface area (Å²) in [7, 11) is -0.893. The maximum absolute atomic E-state index is 11.6. The van der Waals surface area contributed by atoms with Crippen molar-refractivity contribution in [1.82, 2.24) is 14.8 Å². The van der Waals surface area contributed by atoms with Crippen LogP contribution in [-0.4, -0.2) is 34.7 Å². The number of rotatable bonds is 5. The van der Waals surface area contributed by atoms with Gasteiger partial charge < -0.3 is 4.57 Å². The van der Waals surface area contributed by atoms with Crippen LogP contribution in [0.1, 0.15) is 17.8 Å². The predicted molar refractivity (Wildman–Crippen MR) is 95.2 cm³/mol. The van der Waals surface area contributed by atoms with Gasteiger partial charge in [0.05, 0.1) is 11.5 Å². The molecule has 0 amide bonds. The van der Waals surface area contributed by atoms with E-state index in [1.54, 1.807) is 11.8 Å². The molecule has 1 saturated heterocycles. The Balaban J connectivity index is 1.63. The van der Waals surface area contributed by atoms with Gasteiger partial charge >= 0.3 is 0 Å². The maximum Gasteiger partial charge on any atom is 0.191 e. The van der Waals surface area contributed by atoms with Gasteiger partial charge in [0.15, 0.2) is 15.0 Å². The number of hydrogen-bond donors (Lipinski definition) is 0. The molecule has 5 nitrogen and oxygen atoms in total. The molecule has 1 atom stereocenters. The van der Waals surface area contributed by atoms with E-state index < -0.39 is 9.84 Å². The van der Waals surface area contributed by atoms with Gasteiger partial charge in [-0.1, -0.05) is 39.8 Å². The minimum absolute atomic E-state index is 0.172. The smallest absolute Gasteiger partial charge is 0.191 e. The third kappa shape index (κ3) is 4.36. The van der Waals surface area contributed by atoms with Gasteiger partial charge in [-0.2, -0.15) is 0 Å². The van der Waals surface area contributed by atoms with Crippen molar-refractivity contribution in [2.75, 3.05) is 11.5 Å². The second kappa shape index (κ2) is 6.94. The van der Waals surface area contributed by atoms with Crippen LogP contribution >= 0.6 is 27.7 Å². The summed E-state index contributed by atoms with van der Waals surface area (Å²) >= 11 is 5.11. The Morgan fingerprint density at radius 2 is 2.22 bits per heavy atom. The van der Waals surface area contributed by atoms with E-state index in [0.29, 0.717) is 12.2 Å². The lowest BCUT2D eigenvalue weighted by atomic mass is 10.1. The van der Waals surface area contributed by atoms with E-state index in [-0.39, 0.29) is 11.7 Å². The fraction of sp³-hybridized carbons (Fsp3) is 0.467. The minimum Gasteiger partial charge on any atom is -0.309 e. The molecular formula is C15H18BrN3O2S2. The Morgan fingerprint density at radius 3 is 2.91 bits per heavy atom. The first-order valence-electron chi connectivity index (χ1n) is 7.39. The predicted octanol–water partition coefficient (Wildman–Crippen LogP) is 2.85. The standard InChI is InChI=1S/C15H18BrN3O2S2/c1-19-14(8-12-5-6-23(20,21)10-12)17-18-15(19)22-9-11-3-2-4-13(16)7-11/h2-4,7,12H,5-6,8-10H2,1H3/t12-/m0/s1. The Labute approximate surface area is 148 Å². The van der Waals surface area contributed by atoms with Gasteiger partial charge in [0.1, 0.15) is 5.82 Å². The second-order valence-corrected chi connectivity index (χ2v) is 9.94. The fourth-order valence-corrected chi connectivity index (χ4v) is 5.90. The first-order chi connectivity index (χ1) is 10.9. The van der Waals surface area contributed by atoms with Crippen molar-refractivity contribution in [2.45, 2.75) is 23.8 Å². The summed E-state index contributed by atoms with van der Waals surface area (Å²) < 4.78 is 26.2. The van der Waals surface area contributed by atoms with Gasteiger partial charge in [-0.3, -0.25) is 0 Å². The number of halogens is 1. The van der Waals surface area contributed by atoms with Gasteiger partial charge in [-0.15, -0.1) is 10.2 Å². The minimum atomic E-state index is -2.84. The molecule has 124 valence electrons. The van der Waals surface area contributed by atoms with Crippen molar-refractivity contribution < 1.29 is 8.42 Å². The normalized spacial score (nSPS) is 20.0. The van der Waals surface area contributed by atoms with Crippen LogP contribution in [0.2, 0.25) is 0 Å². The topological polar surface area (TPSA) is 64.8 Å². The lowest BCUT2D eigenvalue weighted by Crippen LogP contribution is -2.11. The summed E-state index contributed by atoms with van der Waals surface area (Å²) in [4.78, 5) is 0. The number of sulfone groups is 1. The monoisotopic (exact) mass is 415 g/mol. The van der Waals surface area contributed by atoms with Gasteiger partial charge in [0, 0.05) is 23.7 Å². The van der Waals surface area contributed by atoms with Crippen LogP contribution in [0.4, 0.5) is 0 Å². The number of thioether (sulfide) groups is 1. The van der Waals surface area contributed by atoms with Crippen LogP contribution in [0.5, 0.6) is 0 Å². The van der Waals surface area contributed by atoms with Crippen LogP contribution in [0.15, 0.2) is 33.9 Å². The molecule has 1 aliphatic rings. The van der Waals surface area contributed by atoms with Gasteiger partial charge in [0.25, 0.3) is 0 Å². The van der Waals surface area contributed by atoms with E-state index in [9.17, 15) is 8.42 Å². The molecule has 3 rings (SSSR count). The molecule has 0 N–H and O–H groups in total. The van der Waals surface area contributed by atoms with Gasteiger partial charge in [0.2, 0.25) is 0 Å². The maximum atomic E-state index is 11.6. The zero-order chi connectivity index (χ0) is 16.4. The number of aromatic nitrogens is 3. The molecule has 0 unspecified atom stereocenters. The average molecular weight is 416 g/mol. The van der Waals surface area contributed by atoms with E-state index >= 15 is 0 Å². The lowest BCUT2D eigenvalue weighted by molar-refractivity contribution is 0.552. The average Bonchev–Trinajstić information content (AvgIpc) is 3.01. The molecule has 2 aromatic rings. The highest BCUT2D eigenvalue weighted by Crippen LogP contribution is 2.25. The fourth-order valence-electron chi connectivity index (χ4n) is 2.71. The Morgan fingerprint density at radius 1 is 1.39 bits per heavy atom. The second-order valence-electron chi connectivity index (χ2n) is 5.85. The summed E-state index contributed by atoms with van der Waals surface area (Å²) in [5.74, 6) is 2.44. The summed E-state index contributed by atoms with van der Waals surface area (Å²) in [6.45, 7) is 0. The van der Waals surface area contributed by atoms with Crippen molar-refractivity contribution in [1.29, 1.82) is 0 Å². The zero-order valence-corrected chi connectivity index (χ0v) is 16.0. The van der Waals surface area contributed by atoms with E-state index in [4.69, 9.17) is 0 Å². The SMILES string of the molecule is Cn1c(C[C@@H]2CCS(=O)(=O)C2)nnc1SCc1cccc(Br)c1. The number of nitrogens with zero attached hydrogens (tertiary/aromatic N) is 3. The van der Waals surface area contributed by atoms with E-state index in [0.717, 1.165) is 27.6 Å². The first kappa shape index (κ1) is 17.0. The molecule has 8 heteroatoms. The number of hydrogen-bond acceptors (Lipinski definition) is 5. The van der Waals surface area contributed by atoms with Crippen molar-refractivity contribution >= 4 is 37.5 Å². The van der Waals surface area contributed by atoms with E-state index in [1.807, 2.05) is 23.7 Å². The lowest BCUT2D eigenvalue weighted by Gasteiger charge is -2.07. The molecule has 0 radical (unpaired) electrons. The third-order valence-corrected chi connectivity index (χ3v) is 7.40. The molecule has 0 aliphatic carbocycles. The highest BCUT2D eigenvalue weighted by Gasteiger charge is 2.29. The molecule has 1 aliphatic heterocycles. The van der Waals surface area contributed by atoms with Crippen molar-refractivity contribution in [3.63, 3.8) is 0 Å². The molecule has 1 fully saturated rings. The summed E-state index contributed by atoms with van der Waals surface area (Å²) in [5, 5.41) is 9.35. The summed E-state index contributed by atoms with van der Waals surface area (Å²) in [6.07, 6.45) is 1.41. The Hall–Kier alpha value is -0.860. The molecule has 0 saturated carbocycles. The van der Waals surface area contributed by atoms with Crippen molar-refractivity contribution in [3.05, 3.63) is 40.1 Å². The highest BCUT2D eigenvalue weighted by molar-refractivity contribution is 9.10. The molecule has 2 heterocycles. The van der Waals surface area contributed by atoms with Crippen LogP contribution in [0.25, 0.3) is 0 Å². The zero-order valence-electron chi connectivity index (χ0n) is 12.8. The molecule has 0 spiro atoms. The molecule has 0 bridgehead atoms. The summed E-state index contributed by atoms with van der Waals surface area (Å²) in [5.41, 5.74) is 1.22. The van der Waals surface area contributed by atoms with Crippen molar-refractivity contribution in [2.24, 2.45) is 13.0 Å². The Kier molecular flexibility index (Phi) is 5.13. The first-order valence-corrected chi connectivity index (χ1v) is 11.0. The van der Waals surface area contributed by atoms with Crippen LogP contribution in [0, 0.1) is 5.92 Å². The molecule has 23 heavy (non-hydrogen) atoms. The molecule has 1 aromatic heterocycles. The van der Waals surface area contributed by atoms with Crippen LogP contribution in [0.3, 0.4) is 0 Å². The number of benzene rings is 1. The van der Waals surface area contributed by atoms with Crippen LogP contribution in [-0.2, 0) is 29.1 Å². The Bertz CT molecular complexity index is 805. The molecule has 1 aromatic carbocycles. The molecular weight excluding hydrogens is 398 g/mol. The van der Waals surface area contributed by atoms with Gasteiger partial charge in [-0.05, 0) is 30.0 Å².